The zero-order chi connectivity index (χ0) is 9.84. The summed E-state index contributed by atoms with van der Waals surface area (Å²) >= 11 is 0. The molecule has 0 aliphatic heterocycles. The molecule has 0 amide bonds. The van der Waals surface area contributed by atoms with Crippen LogP contribution < -0.4 is 5.73 Å². The zero-order valence-electron chi connectivity index (χ0n) is 7.40. The Morgan fingerprint density at radius 3 is 2.85 bits per heavy atom. The van der Waals surface area contributed by atoms with Gasteiger partial charge in [-0.1, -0.05) is 13.3 Å². The van der Waals surface area contributed by atoms with E-state index >= 15 is 0 Å². The number of furan rings is 1. The Morgan fingerprint density at radius 1 is 1.69 bits per heavy atom. The van der Waals surface area contributed by atoms with Crippen LogP contribution in [0, 0.1) is 10.1 Å². The molecular formula is C8H12N2O3. The topological polar surface area (TPSA) is 82.3 Å². The number of nitro groups is 1. The van der Waals surface area contributed by atoms with Gasteiger partial charge in [-0.2, -0.15) is 0 Å². The summed E-state index contributed by atoms with van der Waals surface area (Å²) in [5, 5.41) is 10.3. The van der Waals surface area contributed by atoms with Gasteiger partial charge in [-0.05, 0) is 12.5 Å². The average Bonchev–Trinajstić information content (AvgIpc) is 2.52. The van der Waals surface area contributed by atoms with Gasteiger partial charge in [0.05, 0.1) is 12.1 Å². The van der Waals surface area contributed by atoms with Gasteiger partial charge >= 0.3 is 5.88 Å². The highest BCUT2D eigenvalue weighted by Gasteiger charge is 2.15. The van der Waals surface area contributed by atoms with Crippen LogP contribution in [0.2, 0.25) is 0 Å². The molecule has 0 saturated carbocycles. The fourth-order valence-electron chi connectivity index (χ4n) is 1.09. The third-order valence-electron chi connectivity index (χ3n) is 1.76. The molecule has 0 aromatic carbocycles. The van der Waals surface area contributed by atoms with Crippen molar-refractivity contribution >= 4 is 5.88 Å². The number of nitrogens with two attached hydrogens (primary N) is 1. The summed E-state index contributed by atoms with van der Waals surface area (Å²) in [6, 6.07) is 2.64. The summed E-state index contributed by atoms with van der Waals surface area (Å²) in [6.07, 6.45) is 1.69. The van der Waals surface area contributed by atoms with E-state index in [4.69, 9.17) is 10.2 Å². The third-order valence-corrected chi connectivity index (χ3v) is 1.76. The van der Waals surface area contributed by atoms with Crippen LogP contribution >= 0.6 is 0 Å². The molecule has 1 rings (SSSR count). The first kappa shape index (κ1) is 9.73. The molecule has 1 atom stereocenters. The quantitative estimate of drug-likeness (QED) is 0.573. The molecule has 0 radical (unpaired) electrons. The highest BCUT2D eigenvalue weighted by Crippen LogP contribution is 2.22. The number of rotatable bonds is 4. The van der Waals surface area contributed by atoms with Gasteiger partial charge in [-0.3, -0.25) is 10.1 Å². The maximum absolute atomic E-state index is 10.3. The first-order valence-electron chi connectivity index (χ1n) is 4.15. The van der Waals surface area contributed by atoms with Crippen molar-refractivity contribution in [1.82, 2.24) is 0 Å². The van der Waals surface area contributed by atoms with Crippen LogP contribution in [-0.2, 0) is 0 Å². The molecule has 0 bridgehead atoms. The van der Waals surface area contributed by atoms with Gasteiger partial charge in [-0.25, -0.2) is 0 Å². The van der Waals surface area contributed by atoms with Crippen LogP contribution in [0.1, 0.15) is 31.6 Å². The predicted molar refractivity (Wildman–Crippen MR) is 47.2 cm³/mol. The van der Waals surface area contributed by atoms with E-state index in [1.54, 1.807) is 6.07 Å². The van der Waals surface area contributed by atoms with Crippen LogP contribution in [0.3, 0.4) is 0 Å². The third kappa shape index (κ3) is 2.29. The summed E-state index contributed by atoms with van der Waals surface area (Å²) in [6.45, 7) is 2.00. The standard InChI is InChI=1S/C8H12N2O3/c1-2-3-6(9)7-4-5-8(13-7)10(11)12/h4-6H,2-3,9H2,1H3/t6-/m1/s1. The van der Waals surface area contributed by atoms with Crippen molar-refractivity contribution < 1.29 is 9.34 Å². The molecule has 5 heteroatoms. The van der Waals surface area contributed by atoms with E-state index < -0.39 is 4.92 Å². The molecular weight excluding hydrogens is 172 g/mol. The average molecular weight is 184 g/mol. The Labute approximate surface area is 75.7 Å². The van der Waals surface area contributed by atoms with E-state index in [0.717, 1.165) is 12.8 Å². The maximum Gasteiger partial charge on any atom is 0.433 e. The van der Waals surface area contributed by atoms with E-state index in [9.17, 15) is 10.1 Å². The Hall–Kier alpha value is -1.36. The smallest absolute Gasteiger partial charge is 0.404 e. The lowest BCUT2D eigenvalue weighted by molar-refractivity contribution is -0.402. The Morgan fingerprint density at radius 2 is 2.38 bits per heavy atom. The second kappa shape index (κ2) is 4.04. The molecule has 0 saturated heterocycles. The molecule has 0 unspecified atom stereocenters. The molecule has 0 aliphatic rings. The van der Waals surface area contributed by atoms with Gasteiger partial charge in [0.25, 0.3) is 0 Å². The van der Waals surface area contributed by atoms with Crippen molar-refractivity contribution in [2.24, 2.45) is 5.73 Å². The molecule has 1 heterocycles. The molecule has 0 spiro atoms. The monoisotopic (exact) mass is 184 g/mol. The van der Waals surface area contributed by atoms with Crippen LogP contribution in [0.4, 0.5) is 5.88 Å². The van der Waals surface area contributed by atoms with Crippen molar-refractivity contribution in [2.75, 3.05) is 0 Å². The minimum absolute atomic E-state index is 0.237. The van der Waals surface area contributed by atoms with Crippen LogP contribution in [0.25, 0.3) is 0 Å². The van der Waals surface area contributed by atoms with Crippen LogP contribution in [0.5, 0.6) is 0 Å². The first-order chi connectivity index (χ1) is 6.15. The van der Waals surface area contributed by atoms with Crippen LogP contribution in [-0.4, -0.2) is 4.92 Å². The van der Waals surface area contributed by atoms with Crippen molar-refractivity contribution in [3.05, 3.63) is 28.0 Å². The molecule has 13 heavy (non-hydrogen) atoms. The number of hydrogen-bond acceptors (Lipinski definition) is 4. The summed E-state index contributed by atoms with van der Waals surface area (Å²) in [7, 11) is 0. The highest BCUT2D eigenvalue weighted by molar-refractivity contribution is 5.19. The first-order valence-corrected chi connectivity index (χ1v) is 4.15. The van der Waals surface area contributed by atoms with Crippen molar-refractivity contribution in [3.63, 3.8) is 0 Å². The largest absolute Gasteiger partial charge is 0.433 e. The summed E-state index contributed by atoms with van der Waals surface area (Å²) in [5.74, 6) is 0.232. The minimum atomic E-state index is -0.567. The fourth-order valence-corrected chi connectivity index (χ4v) is 1.09. The fraction of sp³-hybridized carbons (Fsp3) is 0.500. The van der Waals surface area contributed by atoms with Gasteiger partial charge in [0.15, 0.2) is 0 Å². The van der Waals surface area contributed by atoms with Gasteiger partial charge in [0.2, 0.25) is 0 Å². The number of nitrogens with zero attached hydrogens (tertiary/aromatic N) is 1. The second-order valence-electron chi connectivity index (χ2n) is 2.83. The lowest BCUT2D eigenvalue weighted by Crippen LogP contribution is -2.08. The molecule has 2 N–H and O–H groups in total. The minimum Gasteiger partial charge on any atom is -0.404 e. The Balaban J connectivity index is 2.73. The maximum atomic E-state index is 10.3. The molecule has 0 fully saturated rings. The van der Waals surface area contributed by atoms with E-state index in [-0.39, 0.29) is 11.9 Å². The summed E-state index contributed by atoms with van der Waals surface area (Å²) < 4.78 is 4.94. The number of hydrogen-bond donors (Lipinski definition) is 1. The zero-order valence-corrected chi connectivity index (χ0v) is 7.40. The lowest BCUT2D eigenvalue weighted by Gasteiger charge is -2.04. The van der Waals surface area contributed by atoms with Crippen molar-refractivity contribution in [1.29, 1.82) is 0 Å². The Kier molecular flexibility index (Phi) is 3.02. The molecule has 0 aliphatic carbocycles. The lowest BCUT2D eigenvalue weighted by atomic mass is 10.1. The van der Waals surface area contributed by atoms with E-state index in [1.165, 1.54) is 6.07 Å². The summed E-state index contributed by atoms with van der Waals surface area (Å²) in [5.41, 5.74) is 5.70. The van der Waals surface area contributed by atoms with Crippen molar-refractivity contribution in [2.45, 2.75) is 25.8 Å². The molecule has 1 aromatic rings. The highest BCUT2D eigenvalue weighted by atomic mass is 16.6. The van der Waals surface area contributed by atoms with Gasteiger partial charge in [0, 0.05) is 0 Å². The van der Waals surface area contributed by atoms with Gasteiger partial charge < -0.3 is 10.2 Å². The van der Waals surface area contributed by atoms with Crippen molar-refractivity contribution in [3.8, 4) is 0 Å². The Bertz CT molecular complexity index is 295. The van der Waals surface area contributed by atoms with E-state index in [0.29, 0.717) is 5.76 Å². The second-order valence-corrected chi connectivity index (χ2v) is 2.83. The van der Waals surface area contributed by atoms with E-state index in [1.807, 2.05) is 6.92 Å². The van der Waals surface area contributed by atoms with E-state index in [2.05, 4.69) is 0 Å². The normalized spacial score (nSPS) is 12.8. The SMILES string of the molecule is CCC[C@@H](N)c1ccc([N+](=O)[O-])o1. The van der Waals surface area contributed by atoms with Gasteiger partial charge in [-0.15, -0.1) is 0 Å². The molecule has 1 aromatic heterocycles. The predicted octanol–water partition coefficient (Wildman–Crippen LogP) is 1.99. The van der Waals surface area contributed by atoms with Gasteiger partial charge in [0.1, 0.15) is 10.7 Å². The summed E-state index contributed by atoms with van der Waals surface area (Å²) in [4.78, 5) is 9.70. The molecule has 72 valence electrons. The molecule has 5 nitrogen and oxygen atoms in total. The van der Waals surface area contributed by atoms with Crippen LogP contribution in [0.15, 0.2) is 16.5 Å².